The third-order valence-corrected chi connectivity index (χ3v) is 4.44. The third-order valence-electron chi connectivity index (χ3n) is 4.44. The summed E-state index contributed by atoms with van der Waals surface area (Å²) < 4.78 is 0. The topological polar surface area (TPSA) is 0 Å². The molecule has 15 heavy (non-hydrogen) atoms. The number of hydrogen-bond acceptors (Lipinski definition) is 0. The largest absolute Gasteiger partial charge is 0.176 e. The van der Waals surface area contributed by atoms with Crippen LogP contribution in [0.3, 0.4) is 0 Å². The van der Waals surface area contributed by atoms with E-state index in [4.69, 9.17) is 0 Å². The zero-order chi connectivity index (χ0) is 10.8. The van der Waals surface area contributed by atoms with Crippen LogP contribution >= 0.6 is 0 Å². The van der Waals surface area contributed by atoms with Crippen molar-refractivity contribution >= 4 is 6.71 Å². The van der Waals surface area contributed by atoms with Gasteiger partial charge < -0.3 is 0 Å². The molecule has 84 valence electrons. The highest BCUT2D eigenvalue weighted by Gasteiger charge is 2.39. The van der Waals surface area contributed by atoms with Crippen molar-refractivity contribution in [1.82, 2.24) is 0 Å². The van der Waals surface area contributed by atoms with Gasteiger partial charge in [0.2, 0.25) is 0 Å². The molecule has 2 fully saturated rings. The highest BCUT2D eigenvalue weighted by atomic mass is 14.2. The Morgan fingerprint density at radius 3 is 1.93 bits per heavy atom. The van der Waals surface area contributed by atoms with Gasteiger partial charge in [-0.15, -0.1) is 5.47 Å². The summed E-state index contributed by atoms with van der Waals surface area (Å²) in [5, 5.41) is 0. The van der Waals surface area contributed by atoms with Crippen molar-refractivity contribution in [2.24, 2.45) is 5.92 Å². The van der Waals surface area contributed by atoms with Crippen molar-refractivity contribution < 1.29 is 0 Å². The van der Waals surface area contributed by atoms with Crippen molar-refractivity contribution in [3.63, 3.8) is 0 Å². The zero-order valence-electron chi connectivity index (χ0n) is 10.6. The second-order valence-electron chi connectivity index (χ2n) is 6.06. The van der Waals surface area contributed by atoms with E-state index in [0.29, 0.717) is 0 Å². The highest BCUT2D eigenvalue weighted by Crippen LogP contribution is 2.48. The predicted molar refractivity (Wildman–Crippen MR) is 69.6 cm³/mol. The molecular formula is C14H25B. The molecule has 2 aliphatic heterocycles. The third kappa shape index (κ3) is 2.49. The van der Waals surface area contributed by atoms with Gasteiger partial charge in [0.05, 0.1) is 0 Å². The molecule has 0 aromatic heterocycles. The molecule has 0 spiro atoms. The second kappa shape index (κ2) is 4.76. The fourth-order valence-corrected chi connectivity index (χ4v) is 4.06. The van der Waals surface area contributed by atoms with Crippen molar-refractivity contribution in [2.75, 3.05) is 0 Å². The van der Waals surface area contributed by atoms with Gasteiger partial charge in [0.15, 0.2) is 6.71 Å². The molecule has 1 heteroatoms. The molecule has 0 atom stereocenters. The summed E-state index contributed by atoms with van der Waals surface area (Å²) in [4.78, 5) is 0. The number of hydrogen-bond donors (Lipinski definition) is 0. The van der Waals surface area contributed by atoms with Gasteiger partial charge in [0, 0.05) is 0 Å². The zero-order valence-corrected chi connectivity index (χ0v) is 10.6. The van der Waals surface area contributed by atoms with E-state index in [9.17, 15) is 0 Å². The molecule has 2 saturated heterocycles. The van der Waals surface area contributed by atoms with Crippen molar-refractivity contribution in [3.05, 3.63) is 11.5 Å². The summed E-state index contributed by atoms with van der Waals surface area (Å²) >= 11 is 0. The normalized spacial score (nSPS) is 32.3. The lowest BCUT2D eigenvalue weighted by molar-refractivity contribution is 0.445. The minimum atomic E-state index is 0.729. The molecule has 0 saturated carbocycles. The Hall–Kier alpha value is -0.195. The first-order valence-corrected chi connectivity index (χ1v) is 6.87. The smallest absolute Gasteiger partial charge is 0.107 e. The first kappa shape index (κ1) is 11.3. The first-order valence-electron chi connectivity index (χ1n) is 6.87. The lowest BCUT2D eigenvalue weighted by Gasteiger charge is -2.41. The van der Waals surface area contributed by atoms with Gasteiger partial charge in [0.1, 0.15) is 0 Å². The maximum absolute atomic E-state index is 2.52. The number of fused-ring (bicyclic) bond motifs is 2. The summed E-state index contributed by atoms with van der Waals surface area (Å²) in [6.07, 6.45) is 11.5. The van der Waals surface area contributed by atoms with Crippen LogP contribution in [0.1, 0.15) is 59.3 Å². The van der Waals surface area contributed by atoms with Crippen LogP contribution in [0.5, 0.6) is 0 Å². The minimum absolute atomic E-state index is 0.729. The van der Waals surface area contributed by atoms with Crippen molar-refractivity contribution in [2.45, 2.75) is 70.9 Å². The minimum Gasteiger partial charge on any atom is -0.107 e. The van der Waals surface area contributed by atoms with Crippen LogP contribution in [0.2, 0.25) is 11.6 Å². The van der Waals surface area contributed by atoms with Gasteiger partial charge in [-0.2, -0.15) is 0 Å². The molecule has 2 heterocycles. The summed E-state index contributed by atoms with van der Waals surface area (Å²) in [6, 6.07) is 0. The quantitative estimate of drug-likeness (QED) is 0.570. The van der Waals surface area contributed by atoms with Crippen LogP contribution < -0.4 is 0 Å². The SMILES string of the molecule is C/C(=C\C(C)C)B1C2CCCC1CCC2. The van der Waals surface area contributed by atoms with E-state index in [2.05, 4.69) is 26.8 Å². The average Bonchev–Trinajstić information content (AvgIpc) is 2.15. The fourth-order valence-electron chi connectivity index (χ4n) is 4.06. The lowest BCUT2D eigenvalue weighted by Crippen LogP contribution is -2.36. The molecule has 0 aliphatic carbocycles. The van der Waals surface area contributed by atoms with Crippen LogP contribution in [0.25, 0.3) is 0 Å². The first-order chi connectivity index (χ1) is 7.18. The fraction of sp³-hybridized carbons (Fsp3) is 0.857. The Labute approximate surface area is 95.6 Å². The molecule has 0 unspecified atom stereocenters. The Morgan fingerprint density at radius 2 is 1.53 bits per heavy atom. The molecule has 2 bridgehead atoms. The Bertz CT molecular complexity index is 220. The maximum Gasteiger partial charge on any atom is 0.176 e. The van der Waals surface area contributed by atoms with Crippen LogP contribution in [0, 0.1) is 5.92 Å². The van der Waals surface area contributed by atoms with Crippen molar-refractivity contribution in [3.8, 4) is 0 Å². The summed E-state index contributed by atoms with van der Waals surface area (Å²) in [6.45, 7) is 7.96. The molecule has 2 aliphatic rings. The molecule has 0 aromatic carbocycles. The maximum atomic E-state index is 2.52. The second-order valence-corrected chi connectivity index (χ2v) is 6.06. The molecule has 0 radical (unpaired) electrons. The monoisotopic (exact) mass is 204 g/mol. The molecule has 0 aromatic rings. The number of rotatable bonds is 2. The molecule has 2 rings (SSSR count). The van der Waals surface area contributed by atoms with Gasteiger partial charge in [-0.3, -0.25) is 0 Å². The van der Waals surface area contributed by atoms with Gasteiger partial charge in [-0.05, 0) is 5.92 Å². The van der Waals surface area contributed by atoms with E-state index < -0.39 is 0 Å². The van der Waals surface area contributed by atoms with Gasteiger partial charge in [0.25, 0.3) is 0 Å². The van der Waals surface area contributed by atoms with E-state index in [1.54, 1.807) is 5.47 Å². The van der Waals surface area contributed by atoms with Gasteiger partial charge in [-0.25, -0.2) is 0 Å². The van der Waals surface area contributed by atoms with E-state index in [0.717, 1.165) is 24.3 Å². The number of allylic oxidation sites excluding steroid dienone is 2. The van der Waals surface area contributed by atoms with E-state index >= 15 is 0 Å². The average molecular weight is 204 g/mol. The Balaban J connectivity index is 2.12. The predicted octanol–water partition coefficient (Wildman–Crippen LogP) is 4.73. The van der Waals surface area contributed by atoms with Crippen LogP contribution in [0.4, 0.5) is 0 Å². The van der Waals surface area contributed by atoms with Crippen LogP contribution in [-0.4, -0.2) is 6.71 Å². The molecule has 0 amide bonds. The summed E-state index contributed by atoms with van der Waals surface area (Å²) in [5.41, 5.74) is 1.71. The van der Waals surface area contributed by atoms with Gasteiger partial charge in [-0.1, -0.05) is 77.0 Å². The van der Waals surface area contributed by atoms with E-state index in [1.165, 1.54) is 38.5 Å². The molecular weight excluding hydrogens is 179 g/mol. The molecule has 0 nitrogen and oxygen atoms in total. The van der Waals surface area contributed by atoms with Crippen LogP contribution in [-0.2, 0) is 0 Å². The summed E-state index contributed by atoms with van der Waals surface area (Å²) in [7, 11) is 0. The highest BCUT2D eigenvalue weighted by molar-refractivity contribution is 6.70. The van der Waals surface area contributed by atoms with E-state index in [1.807, 2.05) is 0 Å². The van der Waals surface area contributed by atoms with Gasteiger partial charge >= 0.3 is 0 Å². The Kier molecular flexibility index (Phi) is 3.58. The van der Waals surface area contributed by atoms with E-state index in [-0.39, 0.29) is 0 Å². The standard InChI is InChI=1S/C14H25B/c1-11(2)10-12(3)15-13-6-4-7-14(15)9-5-8-13/h10-11,13-14H,4-9H2,1-3H3/b12-10+. The molecule has 0 N–H and O–H groups in total. The Morgan fingerprint density at radius 1 is 1.07 bits per heavy atom. The summed E-state index contributed by atoms with van der Waals surface area (Å²) in [5.74, 6) is 2.80. The lowest BCUT2D eigenvalue weighted by atomic mass is 9.24. The van der Waals surface area contributed by atoms with Crippen molar-refractivity contribution in [1.29, 1.82) is 0 Å². The van der Waals surface area contributed by atoms with Crippen LogP contribution in [0.15, 0.2) is 11.5 Å².